The van der Waals surface area contributed by atoms with Gasteiger partial charge in [-0.15, -0.1) is 0 Å². The zero-order chi connectivity index (χ0) is 14.0. The number of phenols is 1. The van der Waals surface area contributed by atoms with Crippen molar-refractivity contribution >= 4 is 17.8 Å². The van der Waals surface area contributed by atoms with Crippen LogP contribution in [0.15, 0.2) is 35.5 Å². The Morgan fingerprint density at radius 1 is 1.05 bits per heavy atom. The van der Waals surface area contributed by atoms with Crippen LogP contribution in [0.5, 0.6) is 5.75 Å². The number of oxime groups is 1. The summed E-state index contributed by atoms with van der Waals surface area (Å²) in [6.45, 7) is 0. The molecule has 0 fully saturated rings. The van der Waals surface area contributed by atoms with Crippen LogP contribution in [0.3, 0.4) is 0 Å². The average molecular weight is 284 g/mol. The largest absolute Gasteiger partial charge is 0.503 e. The number of phenolic OH excluding ortho intramolecular Hbond substituents is 1. The normalized spacial score (nSPS) is 11.1. The zero-order valence-electron chi connectivity index (χ0n) is 9.44. The minimum atomic E-state index is -1.05. The Morgan fingerprint density at radius 3 is 2.21 bits per heavy atom. The molecule has 0 aliphatic heterocycles. The van der Waals surface area contributed by atoms with Crippen molar-refractivity contribution in [1.82, 2.24) is 0 Å². The van der Waals surface area contributed by atoms with Gasteiger partial charge in [0.1, 0.15) is 0 Å². The van der Waals surface area contributed by atoms with Crippen molar-refractivity contribution in [3.63, 3.8) is 0 Å². The lowest BCUT2D eigenvalue weighted by Crippen LogP contribution is -1.88. The van der Waals surface area contributed by atoms with Gasteiger partial charge in [-0.2, -0.15) is 0 Å². The van der Waals surface area contributed by atoms with Gasteiger partial charge < -0.3 is 10.3 Å². The SMILES string of the molecule is O/N=C/c1ccc(-c2cc(F)c(O)c(F)c2)cc1Cl. The van der Waals surface area contributed by atoms with E-state index in [1.165, 1.54) is 6.07 Å². The topological polar surface area (TPSA) is 52.8 Å². The van der Waals surface area contributed by atoms with Crippen molar-refractivity contribution in [2.24, 2.45) is 5.16 Å². The molecule has 0 aliphatic rings. The van der Waals surface area contributed by atoms with E-state index < -0.39 is 17.4 Å². The molecule has 19 heavy (non-hydrogen) atoms. The van der Waals surface area contributed by atoms with E-state index in [1.807, 2.05) is 0 Å². The van der Waals surface area contributed by atoms with Crippen LogP contribution >= 0.6 is 11.6 Å². The molecule has 2 aromatic rings. The second kappa shape index (κ2) is 5.24. The first kappa shape index (κ1) is 13.3. The molecule has 0 heterocycles. The molecule has 0 atom stereocenters. The second-order valence-electron chi connectivity index (χ2n) is 3.77. The summed E-state index contributed by atoms with van der Waals surface area (Å²) < 4.78 is 26.5. The van der Waals surface area contributed by atoms with Crippen molar-refractivity contribution in [2.45, 2.75) is 0 Å². The number of nitrogens with zero attached hydrogens (tertiary/aromatic N) is 1. The highest BCUT2D eigenvalue weighted by Gasteiger charge is 2.11. The number of hydrogen-bond acceptors (Lipinski definition) is 3. The minimum Gasteiger partial charge on any atom is -0.503 e. The molecule has 2 aromatic carbocycles. The maximum atomic E-state index is 13.2. The summed E-state index contributed by atoms with van der Waals surface area (Å²) in [7, 11) is 0. The lowest BCUT2D eigenvalue weighted by molar-refractivity contribution is 0.322. The summed E-state index contributed by atoms with van der Waals surface area (Å²) in [6.07, 6.45) is 1.14. The van der Waals surface area contributed by atoms with Crippen molar-refractivity contribution in [3.8, 4) is 16.9 Å². The Morgan fingerprint density at radius 2 is 1.68 bits per heavy atom. The molecular weight excluding hydrogens is 276 g/mol. The number of halogens is 3. The highest BCUT2D eigenvalue weighted by atomic mass is 35.5. The van der Waals surface area contributed by atoms with Gasteiger partial charge in [0.2, 0.25) is 0 Å². The van der Waals surface area contributed by atoms with Crippen molar-refractivity contribution in [1.29, 1.82) is 0 Å². The third kappa shape index (κ3) is 2.66. The monoisotopic (exact) mass is 283 g/mol. The average Bonchev–Trinajstić information content (AvgIpc) is 2.38. The Balaban J connectivity index is 2.51. The highest BCUT2D eigenvalue weighted by molar-refractivity contribution is 6.33. The van der Waals surface area contributed by atoms with Crippen LogP contribution in [0, 0.1) is 11.6 Å². The summed E-state index contributed by atoms with van der Waals surface area (Å²) in [5, 5.41) is 20.6. The number of aromatic hydroxyl groups is 1. The summed E-state index contributed by atoms with van der Waals surface area (Å²) in [5.74, 6) is -3.11. The van der Waals surface area contributed by atoms with Gasteiger partial charge in [0.25, 0.3) is 0 Å². The molecule has 0 unspecified atom stereocenters. The van der Waals surface area contributed by atoms with Crippen LogP contribution in [0.25, 0.3) is 11.1 Å². The molecule has 6 heteroatoms. The Kier molecular flexibility index (Phi) is 3.66. The van der Waals surface area contributed by atoms with E-state index in [1.54, 1.807) is 12.1 Å². The Hall–Kier alpha value is -2.14. The van der Waals surface area contributed by atoms with Gasteiger partial charge in [-0.05, 0) is 29.3 Å². The van der Waals surface area contributed by atoms with Gasteiger partial charge >= 0.3 is 0 Å². The molecular formula is C13H8ClF2NO2. The summed E-state index contributed by atoms with van der Waals surface area (Å²) >= 11 is 5.93. The molecule has 0 aromatic heterocycles. The molecule has 0 aliphatic carbocycles. The molecule has 98 valence electrons. The van der Waals surface area contributed by atoms with E-state index in [4.69, 9.17) is 21.9 Å². The second-order valence-corrected chi connectivity index (χ2v) is 4.18. The lowest BCUT2D eigenvalue weighted by Gasteiger charge is -2.06. The molecule has 0 amide bonds. The van der Waals surface area contributed by atoms with Crippen LogP contribution in [0.1, 0.15) is 5.56 Å². The van der Waals surface area contributed by atoms with E-state index in [-0.39, 0.29) is 10.6 Å². The van der Waals surface area contributed by atoms with Crippen LogP contribution in [0.4, 0.5) is 8.78 Å². The molecule has 0 spiro atoms. The fraction of sp³-hybridized carbons (Fsp3) is 0. The lowest BCUT2D eigenvalue weighted by atomic mass is 10.0. The fourth-order valence-electron chi connectivity index (χ4n) is 1.61. The van der Waals surface area contributed by atoms with Crippen molar-refractivity contribution in [3.05, 3.63) is 52.6 Å². The van der Waals surface area contributed by atoms with Gasteiger partial charge in [-0.1, -0.05) is 28.9 Å². The first-order valence-corrected chi connectivity index (χ1v) is 5.56. The van der Waals surface area contributed by atoms with E-state index in [2.05, 4.69) is 5.16 Å². The quantitative estimate of drug-likeness (QED) is 0.500. The Labute approximate surface area is 112 Å². The maximum Gasteiger partial charge on any atom is 0.187 e. The van der Waals surface area contributed by atoms with Crippen LogP contribution in [0.2, 0.25) is 5.02 Å². The number of rotatable bonds is 2. The van der Waals surface area contributed by atoms with E-state index in [0.717, 1.165) is 18.3 Å². The van der Waals surface area contributed by atoms with Crippen LogP contribution in [-0.2, 0) is 0 Å². The Bertz CT molecular complexity index is 636. The first-order chi connectivity index (χ1) is 9.02. The molecule has 0 radical (unpaired) electrons. The predicted octanol–water partition coefficient (Wildman–Crippen LogP) is 3.80. The van der Waals surface area contributed by atoms with Gasteiger partial charge in [0.15, 0.2) is 17.4 Å². The third-order valence-corrected chi connectivity index (χ3v) is 2.87. The molecule has 3 nitrogen and oxygen atoms in total. The van der Waals surface area contributed by atoms with Crippen LogP contribution in [-0.4, -0.2) is 16.5 Å². The predicted molar refractivity (Wildman–Crippen MR) is 67.8 cm³/mol. The molecule has 0 bridgehead atoms. The number of benzene rings is 2. The number of hydrogen-bond donors (Lipinski definition) is 2. The summed E-state index contributed by atoms with van der Waals surface area (Å²) in [6, 6.07) is 6.59. The molecule has 0 saturated carbocycles. The van der Waals surface area contributed by atoms with E-state index >= 15 is 0 Å². The summed E-state index contributed by atoms with van der Waals surface area (Å²) in [5.41, 5.74) is 1.17. The van der Waals surface area contributed by atoms with Gasteiger partial charge in [0.05, 0.1) is 11.2 Å². The fourth-order valence-corrected chi connectivity index (χ4v) is 1.84. The molecule has 0 saturated heterocycles. The smallest absolute Gasteiger partial charge is 0.187 e. The molecule has 2 rings (SSSR count). The first-order valence-electron chi connectivity index (χ1n) is 5.18. The standard InChI is InChI=1S/C13H8ClF2NO2/c14-10-3-7(1-2-8(10)6-17-19)9-4-11(15)13(18)12(16)5-9/h1-6,18-19H/b17-6+. The highest BCUT2D eigenvalue weighted by Crippen LogP contribution is 2.30. The zero-order valence-corrected chi connectivity index (χ0v) is 10.2. The van der Waals surface area contributed by atoms with Gasteiger partial charge in [-0.3, -0.25) is 0 Å². The van der Waals surface area contributed by atoms with Gasteiger partial charge in [-0.25, -0.2) is 8.78 Å². The third-order valence-electron chi connectivity index (χ3n) is 2.55. The minimum absolute atomic E-state index is 0.238. The van der Waals surface area contributed by atoms with E-state index in [0.29, 0.717) is 11.1 Å². The maximum absolute atomic E-state index is 13.2. The van der Waals surface area contributed by atoms with Crippen molar-refractivity contribution < 1.29 is 19.1 Å². The van der Waals surface area contributed by atoms with Crippen LogP contribution < -0.4 is 0 Å². The molecule has 2 N–H and O–H groups in total. The van der Waals surface area contributed by atoms with Gasteiger partial charge in [0, 0.05) is 5.56 Å². The van der Waals surface area contributed by atoms with E-state index in [9.17, 15) is 8.78 Å². The van der Waals surface area contributed by atoms with Crippen molar-refractivity contribution in [2.75, 3.05) is 0 Å². The summed E-state index contributed by atoms with van der Waals surface area (Å²) in [4.78, 5) is 0.